The quantitative estimate of drug-likeness (QED) is 0.264. The van der Waals surface area contributed by atoms with E-state index in [2.05, 4.69) is 0 Å². The number of carboxylic acid groups (broad SMARTS) is 2. The normalized spacial score (nSPS) is 9.36. The smallest absolute Gasteiger partial charge is 0.335 e. The van der Waals surface area contributed by atoms with E-state index in [9.17, 15) is 9.59 Å². The van der Waals surface area contributed by atoms with Crippen LogP contribution in [0.15, 0.2) is 36.4 Å². The lowest BCUT2D eigenvalue weighted by molar-refractivity contribution is 0.0686. The van der Waals surface area contributed by atoms with Crippen LogP contribution in [0.4, 0.5) is 22.7 Å². The lowest BCUT2D eigenvalue weighted by atomic mass is 10.2. The molecule has 0 spiro atoms. The van der Waals surface area contributed by atoms with Crippen LogP contribution in [0, 0.1) is 0 Å². The molecule has 0 saturated heterocycles. The Morgan fingerprint density at radius 1 is 0.607 bits per heavy atom. The Morgan fingerprint density at radius 2 is 0.857 bits per heavy atom. The van der Waals surface area contributed by atoms with Gasteiger partial charge in [0.1, 0.15) is 0 Å². The van der Waals surface area contributed by atoms with Gasteiger partial charge in [-0.05, 0) is 49.2 Å². The summed E-state index contributed by atoms with van der Waals surface area (Å²) in [5.41, 5.74) is 23.1. The molecule has 10 heteroatoms. The summed E-state index contributed by atoms with van der Waals surface area (Å²) in [7, 11) is 0. The van der Waals surface area contributed by atoms with Gasteiger partial charge in [0.15, 0.2) is 0 Å². The van der Waals surface area contributed by atoms with E-state index < -0.39 is 11.9 Å². The maximum atomic E-state index is 10.4. The number of unbranched alkanes of at least 4 members (excludes halogenated alkanes) is 1. The van der Waals surface area contributed by atoms with Gasteiger partial charge in [-0.1, -0.05) is 0 Å². The molecule has 0 radical (unpaired) electrons. The van der Waals surface area contributed by atoms with Crippen molar-refractivity contribution >= 4 is 34.7 Å². The number of rotatable bonds is 5. The van der Waals surface area contributed by atoms with Gasteiger partial charge in [-0.15, -0.1) is 0 Å². The summed E-state index contributed by atoms with van der Waals surface area (Å²) >= 11 is 0. The van der Waals surface area contributed by atoms with Crippen molar-refractivity contribution in [1.29, 1.82) is 0 Å². The second-order valence-corrected chi connectivity index (χ2v) is 5.54. The van der Waals surface area contributed by atoms with Gasteiger partial charge in [-0.25, -0.2) is 9.59 Å². The van der Waals surface area contributed by atoms with E-state index >= 15 is 0 Å². The van der Waals surface area contributed by atoms with Crippen LogP contribution >= 0.6 is 0 Å². The largest absolute Gasteiger partial charge is 0.478 e. The Hall–Kier alpha value is -3.50. The maximum Gasteiger partial charge on any atom is 0.335 e. The molecule has 0 aliphatic carbocycles. The number of nitrogens with two attached hydrogens (primary N) is 4. The molecule has 28 heavy (non-hydrogen) atoms. The highest BCUT2D eigenvalue weighted by atomic mass is 16.4. The molecular formula is C18H26N4O6. The van der Waals surface area contributed by atoms with E-state index in [1.807, 2.05) is 0 Å². The maximum absolute atomic E-state index is 10.4. The molecular weight excluding hydrogens is 368 g/mol. The number of benzene rings is 2. The number of aliphatic hydroxyl groups is 2. The summed E-state index contributed by atoms with van der Waals surface area (Å²) in [5.74, 6) is -2.05. The summed E-state index contributed by atoms with van der Waals surface area (Å²) in [6.07, 6.45) is 1.44. The second kappa shape index (κ2) is 12.8. The van der Waals surface area contributed by atoms with E-state index in [4.69, 9.17) is 43.4 Å². The first-order chi connectivity index (χ1) is 13.1. The van der Waals surface area contributed by atoms with E-state index in [-0.39, 0.29) is 24.3 Å². The number of aromatic carboxylic acids is 2. The highest BCUT2D eigenvalue weighted by Gasteiger charge is 2.03. The third-order valence-electron chi connectivity index (χ3n) is 3.02. The molecule has 0 aliphatic rings. The van der Waals surface area contributed by atoms with Crippen molar-refractivity contribution in [2.75, 3.05) is 36.1 Å². The zero-order valence-electron chi connectivity index (χ0n) is 15.2. The van der Waals surface area contributed by atoms with E-state index in [0.29, 0.717) is 22.7 Å². The minimum atomic E-state index is -1.02. The van der Waals surface area contributed by atoms with Gasteiger partial charge >= 0.3 is 11.9 Å². The van der Waals surface area contributed by atoms with Crippen molar-refractivity contribution in [3.63, 3.8) is 0 Å². The summed E-state index contributed by atoms with van der Waals surface area (Å²) in [4.78, 5) is 20.8. The van der Waals surface area contributed by atoms with Gasteiger partial charge < -0.3 is 43.4 Å². The first-order valence-corrected chi connectivity index (χ1v) is 8.11. The average Bonchev–Trinajstić information content (AvgIpc) is 2.59. The lowest BCUT2D eigenvalue weighted by Crippen LogP contribution is -1.99. The Labute approximate surface area is 162 Å². The fraction of sp³-hybridized carbons (Fsp3) is 0.222. The lowest BCUT2D eigenvalue weighted by Gasteiger charge is -1.98. The average molecular weight is 394 g/mol. The number of hydrogen-bond donors (Lipinski definition) is 8. The van der Waals surface area contributed by atoms with Gasteiger partial charge in [0.2, 0.25) is 0 Å². The summed E-state index contributed by atoms with van der Waals surface area (Å²) in [6, 6.07) is 8.45. The zero-order chi connectivity index (χ0) is 21.7. The Bertz CT molecular complexity index is 677. The molecule has 0 fully saturated rings. The fourth-order valence-corrected chi connectivity index (χ4v) is 1.82. The van der Waals surface area contributed by atoms with Crippen molar-refractivity contribution < 1.29 is 30.0 Å². The molecule has 0 amide bonds. The van der Waals surface area contributed by atoms with Crippen molar-refractivity contribution in [2.24, 2.45) is 0 Å². The molecule has 10 nitrogen and oxygen atoms in total. The third kappa shape index (κ3) is 10.5. The minimum absolute atomic E-state index is 0.113. The first-order valence-electron chi connectivity index (χ1n) is 8.11. The van der Waals surface area contributed by atoms with Crippen LogP contribution in [0.1, 0.15) is 33.6 Å². The number of carboxylic acids is 2. The second-order valence-electron chi connectivity index (χ2n) is 5.54. The highest BCUT2D eigenvalue weighted by molar-refractivity contribution is 5.90. The third-order valence-corrected chi connectivity index (χ3v) is 3.02. The monoisotopic (exact) mass is 394 g/mol. The molecule has 2 aromatic rings. The molecule has 12 N–H and O–H groups in total. The number of hydrogen-bond acceptors (Lipinski definition) is 8. The summed E-state index contributed by atoms with van der Waals surface area (Å²) < 4.78 is 0. The van der Waals surface area contributed by atoms with Crippen LogP contribution in [-0.2, 0) is 0 Å². The molecule has 154 valence electrons. The van der Waals surface area contributed by atoms with Gasteiger partial charge in [0, 0.05) is 36.0 Å². The van der Waals surface area contributed by atoms with Crippen molar-refractivity contribution in [3.8, 4) is 0 Å². The molecule has 0 aromatic heterocycles. The van der Waals surface area contributed by atoms with Crippen molar-refractivity contribution in [1.82, 2.24) is 0 Å². The topological polar surface area (TPSA) is 219 Å². The van der Waals surface area contributed by atoms with Crippen molar-refractivity contribution in [3.05, 3.63) is 47.5 Å². The fourth-order valence-electron chi connectivity index (χ4n) is 1.82. The number of carbonyl (C=O) groups is 2. The number of aliphatic hydroxyl groups excluding tert-OH is 2. The Kier molecular flexibility index (Phi) is 11.2. The predicted octanol–water partition coefficient (Wildman–Crippen LogP) is 0.850. The minimum Gasteiger partial charge on any atom is -0.478 e. The Balaban J connectivity index is 0.000000411. The summed E-state index contributed by atoms with van der Waals surface area (Å²) in [6.45, 7) is 0.390. The van der Waals surface area contributed by atoms with Gasteiger partial charge in [0.05, 0.1) is 11.1 Å². The van der Waals surface area contributed by atoms with E-state index in [1.165, 1.54) is 36.4 Å². The number of nitrogen functional groups attached to an aromatic ring is 4. The van der Waals surface area contributed by atoms with E-state index in [0.717, 1.165) is 12.8 Å². The summed E-state index contributed by atoms with van der Waals surface area (Å²) in [5, 5.41) is 33.2. The molecule has 2 aromatic carbocycles. The van der Waals surface area contributed by atoms with Crippen LogP contribution < -0.4 is 22.9 Å². The number of anilines is 4. The van der Waals surface area contributed by atoms with Crippen LogP contribution in [0.2, 0.25) is 0 Å². The molecule has 0 saturated carbocycles. The Morgan fingerprint density at radius 3 is 1.04 bits per heavy atom. The van der Waals surface area contributed by atoms with Crippen LogP contribution in [0.5, 0.6) is 0 Å². The van der Waals surface area contributed by atoms with E-state index in [1.54, 1.807) is 0 Å². The van der Waals surface area contributed by atoms with Crippen LogP contribution in [0.3, 0.4) is 0 Å². The van der Waals surface area contributed by atoms with Crippen LogP contribution in [0.25, 0.3) is 0 Å². The molecule has 2 rings (SSSR count). The van der Waals surface area contributed by atoms with Gasteiger partial charge in [-0.3, -0.25) is 0 Å². The van der Waals surface area contributed by atoms with Crippen molar-refractivity contribution in [2.45, 2.75) is 12.8 Å². The van der Waals surface area contributed by atoms with Crippen LogP contribution in [-0.4, -0.2) is 45.6 Å². The molecule has 0 unspecified atom stereocenters. The predicted molar refractivity (Wildman–Crippen MR) is 108 cm³/mol. The highest BCUT2D eigenvalue weighted by Crippen LogP contribution is 2.13. The zero-order valence-corrected chi connectivity index (χ0v) is 15.2. The standard InChI is InChI=1S/2C7H8N2O2.C4H10O2/c2*8-5-1-4(7(10)11)2-6(9)3-5;5-3-1-2-4-6/h2*1-3H,8-9H2,(H,10,11);5-6H,1-4H2. The molecule has 0 atom stereocenters. The van der Waals surface area contributed by atoms with Gasteiger partial charge in [-0.2, -0.15) is 0 Å². The SMILES string of the molecule is Nc1cc(N)cc(C(=O)O)c1.Nc1cc(N)cc(C(=O)O)c1.OCCCCO. The molecule has 0 aliphatic heterocycles. The van der Waals surface area contributed by atoms with Gasteiger partial charge in [0.25, 0.3) is 0 Å². The first kappa shape index (κ1) is 24.5. The molecule has 0 bridgehead atoms. The molecule has 0 heterocycles.